The van der Waals surface area contributed by atoms with Crippen molar-refractivity contribution in [3.05, 3.63) is 53.9 Å². The van der Waals surface area contributed by atoms with Crippen molar-refractivity contribution in [2.75, 3.05) is 41.8 Å². The van der Waals surface area contributed by atoms with Crippen molar-refractivity contribution >= 4 is 23.8 Å². The van der Waals surface area contributed by atoms with Crippen LogP contribution in [-0.4, -0.2) is 58.4 Å². The molecule has 1 unspecified atom stereocenters. The number of nitrogens with two attached hydrogens (primary N) is 1. The van der Waals surface area contributed by atoms with E-state index in [0.717, 1.165) is 11.8 Å². The standard InChI is InChI=1S/C24H24F3N7O3/c1-2-17-19(14-6-4-3-5-7-14)37-23(35)34(17)18-12-16(30-22(31-18)33-8-10-36-11-9-33)15-13-29-21(28)32-20(15)24(25,26)27/h3-7,12-13,17,19H,2,8-11H2,1H3,(H2,28,29,32)/t17-,19?/m0/s1. The molecule has 194 valence electrons. The van der Waals surface area contributed by atoms with Gasteiger partial charge in [0.15, 0.2) is 5.69 Å². The van der Waals surface area contributed by atoms with Crippen molar-refractivity contribution in [2.45, 2.75) is 31.7 Å². The molecule has 0 radical (unpaired) electrons. The Hall–Kier alpha value is -4.00. The number of aromatic nitrogens is 4. The Kier molecular flexibility index (Phi) is 6.54. The maximum Gasteiger partial charge on any atom is 0.434 e. The van der Waals surface area contributed by atoms with E-state index in [1.807, 2.05) is 37.3 Å². The molecule has 0 saturated carbocycles. The van der Waals surface area contributed by atoms with Gasteiger partial charge in [0.2, 0.25) is 11.9 Å². The second-order valence-corrected chi connectivity index (χ2v) is 8.56. The van der Waals surface area contributed by atoms with Crippen LogP contribution < -0.4 is 15.5 Å². The van der Waals surface area contributed by atoms with Crippen LogP contribution in [0.25, 0.3) is 11.3 Å². The molecule has 4 heterocycles. The number of anilines is 3. The van der Waals surface area contributed by atoms with Gasteiger partial charge in [0.05, 0.1) is 24.9 Å². The second-order valence-electron chi connectivity index (χ2n) is 8.56. The van der Waals surface area contributed by atoms with Crippen LogP contribution in [0.5, 0.6) is 0 Å². The summed E-state index contributed by atoms with van der Waals surface area (Å²) in [6, 6.07) is 10.1. The third kappa shape index (κ3) is 4.86. The molecule has 2 saturated heterocycles. The molecule has 37 heavy (non-hydrogen) atoms. The van der Waals surface area contributed by atoms with E-state index in [4.69, 9.17) is 15.2 Å². The maximum absolute atomic E-state index is 13.9. The molecule has 2 aromatic heterocycles. The molecule has 0 bridgehead atoms. The first-order valence-corrected chi connectivity index (χ1v) is 11.7. The maximum atomic E-state index is 13.9. The highest BCUT2D eigenvalue weighted by molar-refractivity contribution is 5.90. The van der Waals surface area contributed by atoms with Crippen LogP contribution in [-0.2, 0) is 15.7 Å². The Bertz CT molecular complexity index is 1290. The zero-order valence-electron chi connectivity index (χ0n) is 19.9. The molecule has 2 N–H and O–H groups in total. The largest absolute Gasteiger partial charge is 0.439 e. The van der Waals surface area contributed by atoms with Gasteiger partial charge >= 0.3 is 12.3 Å². The zero-order valence-corrected chi connectivity index (χ0v) is 19.9. The fourth-order valence-corrected chi connectivity index (χ4v) is 4.49. The van der Waals surface area contributed by atoms with Gasteiger partial charge in [0.25, 0.3) is 0 Å². The number of rotatable bonds is 5. The number of nitrogens with zero attached hydrogens (tertiary/aromatic N) is 6. The quantitative estimate of drug-likeness (QED) is 0.540. The van der Waals surface area contributed by atoms with Crippen LogP contribution >= 0.6 is 0 Å². The topological polar surface area (TPSA) is 120 Å². The normalized spacial score (nSPS) is 20.3. The van der Waals surface area contributed by atoms with Crippen molar-refractivity contribution in [3.63, 3.8) is 0 Å². The predicted octanol–water partition coefficient (Wildman–Crippen LogP) is 3.85. The minimum atomic E-state index is -4.81. The molecule has 13 heteroatoms. The van der Waals surface area contributed by atoms with Crippen LogP contribution in [0.4, 0.5) is 35.7 Å². The number of hydrogen-bond acceptors (Lipinski definition) is 9. The van der Waals surface area contributed by atoms with E-state index in [9.17, 15) is 18.0 Å². The first-order valence-electron chi connectivity index (χ1n) is 11.7. The number of nitrogen functional groups attached to an aromatic ring is 1. The van der Waals surface area contributed by atoms with E-state index in [-0.39, 0.29) is 23.0 Å². The molecule has 2 aliphatic heterocycles. The molecule has 0 aliphatic carbocycles. The number of carbonyl (C=O) groups is 1. The highest BCUT2D eigenvalue weighted by Crippen LogP contribution is 2.40. The predicted molar refractivity (Wildman–Crippen MR) is 128 cm³/mol. The number of morpholine rings is 1. The molecule has 0 spiro atoms. The number of hydrogen-bond donors (Lipinski definition) is 1. The number of carbonyl (C=O) groups excluding carboxylic acids is 1. The number of ether oxygens (including phenoxy) is 2. The van der Waals surface area contributed by atoms with E-state index in [1.165, 1.54) is 11.0 Å². The van der Waals surface area contributed by atoms with Crippen molar-refractivity contribution in [1.29, 1.82) is 0 Å². The Labute approximate surface area is 210 Å². The van der Waals surface area contributed by atoms with Crippen LogP contribution in [0.3, 0.4) is 0 Å². The summed E-state index contributed by atoms with van der Waals surface area (Å²) in [4.78, 5) is 32.5. The van der Waals surface area contributed by atoms with Gasteiger partial charge in [0, 0.05) is 30.9 Å². The number of cyclic esters (lactones) is 1. The minimum Gasteiger partial charge on any atom is -0.439 e. The van der Waals surface area contributed by atoms with Crippen LogP contribution in [0.15, 0.2) is 42.6 Å². The molecule has 10 nitrogen and oxygen atoms in total. The summed E-state index contributed by atoms with van der Waals surface area (Å²) in [5, 5.41) is 0. The third-order valence-corrected chi connectivity index (χ3v) is 6.25. The van der Waals surface area contributed by atoms with Gasteiger partial charge in [-0.15, -0.1) is 0 Å². The van der Waals surface area contributed by atoms with E-state index in [0.29, 0.717) is 32.7 Å². The first kappa shape index (κ1) is 24.7. The number of benzene rings is 1. The lowest BCUT2D eigenvalue weighted by atomic mass is 10.00. The smallest absolute Gasteiger partial charge is 0.434 e. The highest BCUT2D eigenvalue weighted by atomic mass is 19.4. The SMILES string of the molecule is CC[C@H]1C(c2ccccc2)OC(=O)N1c1cc(-c2cnc(N)nc2C(F)(F)F)nc(N2CCOCC2)n1. The summed E-state index contributed by atoms with van der Waals surface area (Å²) in [5.74, 6) is -0.239. The van der Waals surface area contributed by atoms with Crippen molar-refractivity contribution in [2.24, 2.45) is 0 Å². The molecule has 2 fully saturated rings. The van der Waals surface area contributed by atoms with Crippen LogP contribution in [0, 0.1) is 0 Å². The number of alkyl halides is 3. The average Bonchev–Trinajstić information content (AvgIpc) is 3.25. The molecule has 2 aliphatic rings. The zero-order chi connectivity index (χ0) is 26.2. The Morgan fingerprint density at radius 1 is 1.11 bits per heavy atom. The summed E-state index contributed by atoms with van der Waals surface area (Å²) in [6.45, 7) is 3.57. The van der Waals surface area contributed by atoms with Gasteiger partial charge in [-0.1, -0.05) is 37.3 Å². The van der Waals surface area contributed by atoms with E-state index in [1.54, 1.807) is 4.90 Å². The summed E-state index contributed by atoms with van der Waals surface area (Å²) in [7, 11) is 0. The molecule has 1 amide bonds. The van der Waals surface area contributed by atoms with Crippen molar-refractivity contribution in [1.82, 2.24) is 19.9 Å². The van der Waals surface area contributed by atoms with Crippen molar-refractivity contribution in [3.8, 4) is 11.3 Å². The molecule has 5 rings (SSSR count). The van der Waals surface area contributed by atoms with E-state index in [2.05, 4.69) is 19.9 Å². The lowest BCUT2D eigenvalue weighted by Crippen LogP contribution is -2.39. The summed E-state index contributed by atoms with van der Waals surface area (Å²) >= 11 is 0. The molecular formula is C24H24F3N7O3. The van der Waals surface area contributed by atoms with Gasteiger partial charge in [0.1, 0.15) is 11.9 Å². The Morgan fingerprint density at radius 3 is 2.51 bits per heavy atom. The van der Waals surface area contributed by atoms with Crippen LogP contribution in [0.2, 0.25) is 0 Å². The van der Waals surface area contributed by atoms with Crippen LogP contribution in [0.1, 0.15) is 30.7 Å². The fraction of sp³-hybridized carbons (Fsp3) is 0.375. The summed E-state index contributed by atoms with van der Waals surface area (Å²) in [5.41, 5.74) is 4.57. The van der Waals surface area contributed by atoms with Gasteiger partial charge in [-0.2, -0.15) is 18.2 Å². The van der Waals surface area contributed by atoms with E-state index < -0.39 is 36.1 Å². The average molecular weight is 515 g/mol. The fourth-order valence-electron chi connectivity index (χ4n) is 4.49. The highest BCUT2D eigenvalue weighted by Gasteiger charge is 2.44. The van der Waals surface area contributed by atoms with Gasteiger partial charge in [-0.05, 0) is 12.0 Å². The number of amides is 1. The lowest BCUT2D eigenvalue weighted by molar-refractivity contribution is -0.140. The van der Waals surface area contributed by atoms with Gasteiger partial charge in [-0.3, -0.25) is 4.90 Å². The summed E-state index contributed by atoms with van der Waals surface area (Å²) in [6.07, 6.45) is -4.55. The second kappa shape index (κ2) is 9.81. The van der Waals surface area contributed by atoms with E-state index >= 15 is 0 Å². The third-order valence-electron chi connectivity index (χ3n) is 6.25. The molecule has 2 atom stereocenters. The molecular weight excluding hydrogens is 491 g/mol. The van der Waals surface area contributed by atoms with Crippen molar-refractivity contribution < 1.29 is 27.4 Å². The summed E-state index contributed by atoms with van der Waals surface area (Å²) < 4.78 is 52.8. The Balaban J connectivity index is 1.64. The van der Waals surface area contributed by atoms with Gasteiger partial charge in [-0.25, -0.2) is 19.7 Å². The lowest BCUT2D eigenvalue weighted by Gasteiger charge is -2.29. The molecule has 3 aromatic rings. The molecule has 1 aromatic carbocycles. The number of halogens is 3. The van der Waals surface area contributed by atoms with Gasteiger partial charge < -0.3 is 20.1 Å². The first-order chi connectivity index (χ1) is 17.8. The monoisotopic (exact) mass is 515 g/mol. The Morgan fingerprint density at radius 2 is 1.84 bits per heavy atom. The minimum absolute atomic E-state index is 0.0929.